The maximum Gasteiger partial charge on any atom is 0.228 e. The van der Waals surface area contributed by atoms with Gasteiger partial charge in [0.15, 0.2) is 0 Å². The van der Waals surface area contributed by atoms with Gasteiger partial charge in [0, 0.05) is 69.3 Å². The molecule has 2 fully saturated rings. The van der Waals surface area contributed by atoms with Gasteiger partial charge in [-0.1, -0.05) is 30.3 Å². The van der Waals surface area contributed by atoms with Crippen LogP contribution in [0.15, 0.2) is 54.7 Å². The quantitative estimate of drug-likeness (QED) is 0.631. The molecule has 7 heteroatoms. The molecule has 0 radical (unpaired) electrons. The normalized spacial score (nSPS) is 19.5. The Morgan fingerprint density at radius 1 is 1.06 bits per heavy atom. The summed E-state index contributed by atoms with van der Waals surface area (Å²) in [7, 11) is 0. The molecule has 0 unspecified atom stereocenters. The van der Waals surface area contributed by atoms with Gasteiger partial charge in [-0.15, -0.1) is 0 Å². The molecule has 0 saturated carbocycles. The molecule has 2 amide bonds. The van der Waals surface area contributed by atoms with Gasteiger partial charge in [-0.3, -0.25) is 14.5 Å². The summed E-state index contributed by atoms with van der Waals surface area (Å²) < 4.78 is 13.6. The average molecular weight is 449 g/mol. The number of amides is 2. The van der Waals surface area contributed by atoms with Crippen LogP contribution >= 0.6 is 0 Å². The molecule has 0 aliphatic carbocycles. The highest BCUT2D eigenvalue weighted by Gasteiger charge is 2.37. The third-order valence-electron chi connectivity index (χ3n) is 6.88. The van der Waals surface area contributed by atoms with E-state index in [1.54, 1.807) is 11.0 Å². The van der Waals surface area contributed by atoms with E-state index in [1.807, 2.05) is 17.2 Å². The first-order valence-corrected chi connectivity index (χ1v) is 11.6. The Bertz CT molecular complexity index is 1140. The molecule has 5 rings (SSSR count). The number of benzene rings is 2. The van der Waals surface area contributed by atoms with Gasteiger partial charge in [0.25, 0.3) is 0 Å². The van der Waals surface area contributed by atoms with E-state index in [2.05, 4.69) is 34.1 Å². The monoisotopic (exact) mass is 448 g/mol. The predicted octanol–water partition coefficient (Wildman–Crippen LogP) is 3.04. The number of rotatable bonds is 6. The Kier molecular flexibility index (Phi) is 6.13. The van der Waals surface area contributed by atoms with E-state index in [9.17, 15) is 14.0 Å². The van der Waals surface area contributed by atoms with Gasteiger partial charge in [0.05, 0.1) is 5.92 Å². The first-order valence-electron chi connectivity index (χ1n) is 11.6. The first-order chi connectivity index (χ1) is 16.1. The standard InChI is InChI=1S/C26H29FN4O2/c27-22-6-7-24-23(15-22)20(16-28-24)8-9-31-18-21(14-25(31)32)26(33)30-12-10-29(11-13-30)17-19-4-2-1-3-5-19/h1-7,15-16,21,28H,8-14,17-18H2/t21-/m0/s1. The number of likely N-dealkylation sites (tertiary alicyclic amines) is 1. The summed E-state index contributed by atoms with van der Waals surface area (Å²) in [6.45, 7) is 5.02. The minimum absolute atomic E-state index is 0.0297. The van der Waals surface area contributed by atoms with Crippen LogP contribution in [0.3, 0.4) is 0 Å². The van der Waals surface area contributed by atoms with Crippen molar-refractivity contribution in [2.75, 3.05) is 39.3 Å². The van der Waals surface area contributed by atoms with Crippen LogP contribution in [0.2, 0.25) is 0 Å². The Morgan fingerprint density at radius 3 is 2.64 bits per heavy atom. The lowest BCUT2D eigenvalue weighted by Crippen LogP contribution is -2.50. The van der Waals surface area contributed by atoms with Crippen LogP contribution in [0.1, 0.15) is 17.5 Å². The zero-order valence-corrected chi connectivity index (χ0v) is 18.7. The van der Waals surface area contributed by atoms with Gasteiger partial charge in [-0.25, -0.2) is 4.39 Å². The van der Waals surface area contributed by atoms with E-state index in [1.165, 1.54) is 17.7 Å². The molecule has 0 bridgehead atoms. The maximum absolute atomic E-state index is 13.6. The first kappa shape index (κ1) is 21.6. The van der Waals surface area contributed by atoms with Crippen LogP contribution in [-0.4, -0.2) is 70.8 Å². The molecule has 6 nitrogen and oxygen atoms in total. The minimum Gasteiger partial charge on any atom is -0.361 e. The van der Waals surface area contributed by atoms with Gasteiger partial charge < -0.3 is 14.8 Å². The Morgan fingerprint density at radius 2 is 1.85 bits per heavy atom. The molecule has 33 heavy (non-hydrogen) atoms. The number of carbonyl (C=O) groups excluding carboxylic acids is 2. The second kappa shape index (κ2) is 9.35. The number of aromatic nitrogens is 1. The van der Waals surface area contributed by atoms with Crippen LogP contribution < -0.4 is 0 Å². The van der Waals surface area contributed by atoms with Gasteiger partial charge in [0.1, 0.15) is 5.82 Å². The van der Waals surface area contributed by atoms with E-state index in [0.717, 1.165) is 36.1 Å². The van der Waals surface area contributed by atoms with Crippen molar-refractivity contribution in [3.63, 3.8) is 0 Å². The number of nitrogens with one attached hydrogen (secondary N) is 1. The number of halogens is 1. The predicted molar refractivity (Wildman–Crippen MR) is 125 cm³/mol. The molecule has 2 aromatic carbocycles. The van der Waals surface area contributed by atoms with Crippen molar-refractivity contribution >= 4 is 22.7 Å². The van der Waals surface area contributed by atoms with Crippen LogP contribution in [-0.2, 0) is 22.6 Å². The zero-order chi connectivity index (χ0) is 22.8. The minimum atomic E-state index is -0.268. The smallest absolute Gasteiger partial charge is 0.228 e. The fourth-order valence-electron chi connectivity index (χ4n) is 4.99. The molecule has 1 atom stereocenters. The fourth-order valence-corrected chi connectivity index (χ4v) is 4.99. The van der Waals surface area contributed by atoms with E-state index < -0.39 is 0 Å². The van der Waals surface area contributed by atoms with E-state index >= 15 is 0 Å². The molecule has 3 aromatic rings. The Balaban J connectivity index is 1.13. The van der Waals surface area contributed by atoms with Crippen LogP contribution in [0, 0.1) is 11.7 Å². The Labute approximate surface area is 193 Å². The van der Waals surface area contributed by atoms with E-state index in [0.29, 0.717) is 32.6 Å². The van der Waals surface area contributed by atoms with Crippen molar-refractivity contribution in [2.45, 2.75) is 19.4 Å². The molecular weight excluding hydrogens is 419 g/mol. The number of hydrogen-bond acceptors (Lipinski definition) is 3. The second-order valence-corrected chi connectivity index (χ2v) is 9.08. The molecule has 3 heterocycles. The van der Waals surface area contributed by atoms with Crippen molar-refractivity contribution < 1.29 is 14.0 Å². The number of nitrogens with zero attached hydrogens (tertiary/aromatic N) is 3. The number of fused-ring (bicyclic) bond motifs is 1. The third kappa shape index (κ3) is 4.78. The topological polar surface area (TPSA) is 59.7 Å². The lowest BCUT2D eigenvalue weighted by Gasteiger charge is -2.36. The van der Waals surface area contributed by atoms with Crippen molar-refractivity contribution in [1.82, 2.24) is 19.7 Å². The molecule has 2 aliphatic rings. The molecule has 0 spiro atoms. The van der Waals surface area contributed by atoms with Crippen LogP contribution in [0.25, 0.3) is 10.9 Å². The van der Waals surface area contributed by atoms with Crippen LogP contribution in [0.4, 0.5) is 4.39 Å². The van der Waals surface area contributed by atoms with E-state index in [4.69, 9.17) is 0 Å². The molecule has 1 N–H and O–H groups in total. The molecule has 2 saturated heterocycles. The highest BCUT2D eigenvalue weighted by molar-refractivity contribution is 5.89. The SMILES string of the molecule is O=C1C[C@H](C(=O)N2CCN(Cc3ccccc3)CC2)CN1CCc1c[nH]c2ccc(F)cc12. The number of carbonyl (C=O) groups is 2. The largest absolute Gasteiger partial charge is 0.361 e. The highest BCUT2D eigenvalue weighted by atomic mass is 19.1. The summed E-state index contributed by atoms with van der Waals surface area (Å²) in [6.07, 6.45) is 2.79. The summed E-state index contributed by atoms with van der Waals surface area (Å²) in [5, 5.41) is 0.850. The summed E-state index contributed by atoms with van der Waals surface area (Å²) in [4.78, 5) is 34.9. The van der Waals surface area contributed by atoms with Crippen molar-refractivity contribution in [2.24, 2.45) is 5.92 Å². The van der Waals surface area contributed by atoms with Gasteiger partial charge in [-0.05, 0) is 35.7 Å². The number of piperazine rings is 1. The molecule has 172 valence electrons. The van der Waals surface area contributed by atoms with Crippen LogP contribution in [0.5, 0.6) is 0 Å². The summed E-state index contributed by atoms with van der Waals surface area (Å²) >= 11 is 0. The Hall–Kier alpha value is -3.19. The summed E-state index contributed by atoms with van der Waals surface area (Å²) in [6, 6.07) is 15.1. The molecule has 2 aliphatic heterocycles. The maximum atomic E-state index is 13.6. The van der Waals surface area contributed by atoms with Crippen molar-refractivity contribution in [1.29, 1.82) is 0 Å². The van der Waals surface area contributed by atoms with Gasteiger partial charge in [-0.2, -0.15) is 0 Å². The molecular formula is C26H29FN4O2. The number of aromatic amines is 1. The van der Waals surface area contributed by atoms with Crippen molar-refractivity contribution in [3.05, 3.63) is 71.7 Å². The second-order valence-electron chi connectivity index (χ2n) is 9.08. The summed E-state index contributed by atoms with van der Waals surface area (Å²) in [5.74, 6) is -0.407. The van der Waals surface area contributed by atoms with Gasteiger partial charge >= 0.3 is 0 Å². The van der Waals surface area contributed by atoms with E-state index in [-0.39, 0.29) is 30.0 Å². The lowest BCUT2D eigenvalue weighted by atomic mass is 10.1. The molecule has 1 aromatic heterocycles. The zero-order valence-electron chi connectivity index (χ0n) is 18.7. The number of H-pyrrole nitrogens is 1. The number of hydrogen-bond donors (Lipinski definition) is 1. The fraction of sp³-hybridized carbons (Fsp3) is 0.385. The van der Waals surface area contributed by atoms with Crippen molar-refractivity contribution in [3.8, 4) is 0 Å². The third-order valence-corrected chi connectivity index (χ3v) is 6.88. The van der Waals surface area contributed by atoms with Gasteiger partial charge in [0.2, 0.25) is 11.8 Å². The lowest BCUT2D eigenvalue weighted by molar-refractivity contribution is -0.137. The average Bonchev–Trinajstić information content (AvgIpc) is 3.41. The summed E-state index contributed by atoms with van der Waals surface area (Å²) in [5.41, 5.74) is 3.16. The highest BCUT2D eigenvalue weighted by Crippen LogP contribution is 2.24.